The molecule has 0 spiro atoms. The molecule has 0 aliphatic carbocycles. The van der Waals surface area contributed by atoms with Gasteiger partial charge >= 0.3 is 24.0 Å². The number of aliphatic imine (C=N–C) groups is 2. The van der Waals surface area contributed by atoms with E-state index in [0.29, 0.717) is 139 Å². The smallest absolute Gasteiger partial charge is 0.338 e. The maximum Gasteiger partial charge on any atom is 0.338 e. The van der Waals surface area contributed by atoms with E-state index in [2.05, 4.69) is 30.4 Å². The standard InChI is InChI=1S/C37H36ClFN6O5S.C36H34ClFN6O5S/c1-22(2)49-26-9-11-28(12-10-26)50-27-7-5-24(6-8-27)45-20-25-19-43(15-16-44(25)37(45)47)21-31-32(36(46)48-3)33(29-13-4-23(39)18-30(29)38)42-34(41-31)35-40-14-17-51-35;1-3-48-25-9-11-27(12-10-25)49-26-7-5-23(6-8-26)44-20-24-19-42(15-16-43(24)36(44)46)21-30-31(35(45)47-2)32(28-13-4-22(38)18-29(28)37)41-33(40-30)34-39-14-17-50-34/h4-14,17-18,22,25,33H,15-16,19-21H2,1-3H3,(H,41,42);4-14,17-18,24,32H,3,15-16,19-21H2,1-2H3,(H,40,41)/t25-,33-;24-,32-/m00/s1. The number of ether oxygens (including phenoxy) is 6. The number of hydrogen-bond donors (Lipinski definition) is 2. The molecule has 6 aromatic carbocycles. The number of carbonyl (C=O) groups excluding carboxylic acids is 4. The maximum atomic E-state index is 14.0. The molecule has 8 heterocycles. The summed E-state index contributed by atoms with van der Waals surface area (Å²) in [4.78, 5) is 84.1. The van der Waals surface area contributed by atoms with Crippen LogP contribution in [0.2, 0.25) is 10.0 Å². The normalized spacial score (nSPS) is 19.2. The molecule has 8 aromatic rings. The summed E-state index contributed by atoms with van der Waals surface area (Å²) in [5.74, 6) is 3.05. The largest absolute Gasteiger partial charge is 0.494 e. The lowest BCUT2D eigenvalue weighted by atomic mass is 9.95. The molecule has 0 saturated carbocycles. The number of anilines is 2. The fraction of sp³-hybridized carbons (Fsp3) is 0.288. The van der Waals surface area contributed by atoms with E-state index in [1.807, 2.05) is 138 Å². The molecule has 4 fully saturated rings. The number of nitrogens with zero attached hydrogens (tertiary/aromatic N) is 10. The molecule has 4 saturated heterocycles. The third-order valence-electron chi connectivity index (χ3n) is 17.6. The van der Waals surface area contributed by atoms with Gasteiger partial charge in [-0.3, -0.25) is 29.6 Å². The van der Waals surface area contributed by atoms with Crippen LogP contribution < -0.4 is 39.4 Å². The van der Waals surface area contributed by atoms with Gasteiger partial charge in [0, 0.05) is 133 Å². The van der Waals surface area contributed by atoms with E-state index in [1.54, 1.807) is 22.2 Å². The Morgan fingerprint density at radius 2 is 0.950 bits per heavy atom. The van der Waals surface area contributed by atoms with Crippen molar-refractivity contribution in [3.05, 3.63) is 222 Å². The van der Waals surface area contributed by atoms with Crippen LogP contribution in [0.5, 0.6) is 34.5 Å². The molecular formula is C73H70Cl2F2N12O10S2. The Morgan fingerprint density at radius 1 is 0.554 bits per heavy atom. The van der Waals surface area contributed by atoms with Crippen LogP contribution >= 0.6 is 45.9 Å². The number of nitrogens with one attached hydrogen (secondary N) is 2. The van der Waals surface area contributed by atoms with Crippen molar-refractivity contribution >= 4 is 92.9 Å². The topological polar surface area (TPSA) is 218 Å². The summed E-state index contributed by atoms with van der Waals surface area (Å²) < 4.78 is 61.7. The Balaban J connectivity index is 0.000000181. The number of amidine groups is 2. The van der Waals surface area contributed by atoms with Crippen molar-refractivity contribution in [2.45, 2.75) is 51.0 Å². The number of carbonyl (C=O) groups is 4. The van der Waals surface area contributed by atoms with Crippen LogP contribution in [0, 0.1) is 11.6 Å². The first kappa shape index (κ1) is 69.5. The van der Waals surface area contributed by atoms with E-state index < -0.39 is 35.7 Å². The van der Waals surface area contributed by atoms with Gasteiger partial charge < -0.3 is 48.9 Å². The van der Waals surface area contributed by atoms with E-state index >= 15 is 0 Å². The molecule has 2 N–H and O–H groups in total. The second-order valence-corrected chi connectivity index (χ2v) is 27.1. The van der Waals surface area contributed by atoms with Crippen molar-refractivity contribution < 1.29 is 56.4 Å². The van der Waals surface area contributed by atoms with Gasteiger partial charge in [-0.15, -0.1) is 22.7 Å². The third kappa shape index (κ3) is 15.7. The van der Waals surface area contributed by atoms with E-state index in [1.165, 1.54) is 73.3 Å². The molecule has 6 aliphatic rings. The third-order valence-corrected chi connectivity index (χ3v) is 19.8. The highest BCUT2D eigenvalue weighted by Gasteiger charge is 2.45. The van der Waals surface area contributed by atoms with Crippen molar-refractivity contribution in [3.8, 4) is 34.5 Å². The van der Waals surface area contributed by atoms with Crippen LogP contribution in [0.3, 0.4) is 0 Å². The highest BCUT2D eigenvalue weighted by molar-refractivity contribution is 7.12. The molecule has 28 heteroatoms. The Labute approximate surface area is 599 Å². The monoisotopic (exact) mass is 1450 g/mol. The molecule has 14 rings (SSSR count). The lowest BCUT2D eigenvalue weighted by Crippen LogP contribution is -2.53. The minimum Gasteiger partial charge on any atom is -0.494 e. The summed E-state index contributed by atoms with van der Waals surface area (Å²) in [6.07, 6.45) is 3.44. The van der Waals surface area contributed by atoms with Gasteiger partial charge in [-0.25, -0.2) is 37.9 Å². The number of esters is 2. The van der Waals surface area contributed by atoms with Gasteiger partial charge in [0.05, 0.1) is 50.2 Å². The Bertz CT molecular complexity index is 4480. The zero-order valence-electron chi connectivity index (χ0n) is 55.6. The van der Waals surface area contributed by atoms with E-state index in [9.17, 15) is 28.0 Å². The fourth-order valence-electron chi connectivity index (χ4n) is 12.9. The average Bonchev–Trinajstić information content (AvgIpc) is 1.54. The molecule has 4 amide bonds. The summed E-state index contributed by atoms with van der Waals surface area (Å²) in [5, 5.41) is 11.9. The Kier molecular flexibility index (Phi) is 21.3. The number of urea groups is 2. The predicted octanol–water partition coefficient (Wildman–Crippen LogP) is 12.9. The number of fused-ring (bicyclic) bond motifs is 2. The summed E-state index contributed by atoms with van der Waals surface area (Å²) in [5.41, 5.74) is 4.23. The second-order valence-electron chi connectivity index (χ2n) is 24.5. The van der Waals surface area contributed by atoms with Gasteiger partial charge in [-0.1, -0.05) is 35.3 Å². The van der Waals surface area contributed by atoms with Gasteiger partial charge in [0.15, 0.2) is 21.7 Å². The maximum absolute atomic E-state index is 14.0. The zero-order chi connectivity index (χ0) is 70.4. The quantitative estimate of drug-likeness (QED) is 0.0678. The molecule has 22 nitrogen and oxygen atoms in total. The molecule has 6 aliphatic heterocycles. The summed E-state index contributed by atoms with van der Waals surface area (Å²) in [6.45, 7) is 11.5. The van der Waals surface area contributed by atoms with Gasteiger partial charge in [0.2, 0.25) is 0 Å². The number of piperazine rings is 2. The molecule has 101 heavy (non-hydrogen) atoms. The molecule has 2 aromatic heterocycles. The number of benzene rings is 6. The summed E-state index contributed by atoms with van der Waals surface area (Å²) in [7, 11) is 2.62. The van der Waals surface area contributed by atoms with Crippen molar-refractivity contribution in [1.82, 2.24) is 40.2 Å². The van der Waals surface area contributed by atoms with E-state index in [-0.39, 0.29) is 51.4 Å². The van der Waals surface area contributed by atoms with Crippen LogP contribution in [0.15, 0.2) is 189 Å². The number of halogens is 4. The number of thiazole rings is 2. The van der Waals surface area contributed by atoms with Crippen LogP contribution in [0.4, 0.5) is 29.7 Å². The highest BCUT2D eigenvalue weighted by Crippen LogP contribution is 2.41. The molecule has 0 radical (unpaired) electrons. The van der Waals surface area contributed by atoms with Gasteiger partial charge in [-0.2, -0.15) is 0 Å². The first-order valence-electron chi connectivity index (χ1n) is 32.7. The highest BCUT2D eigenvalue weighted by atomic mass is 35.5. The summed E-state index contributed by atoms with van der Waals surface area (Å²) in [6, 6.07) is 36.0. The van der Waals surface area contributed by atoms with Gasteiger partial charge in [0.25, 0.3) is 0 Å². The van der Waals surface area contributed by atoms with E-state index in [4.69, 9.17) is 61.6 Å². The summed E-state index contributed by atoms with van der Waals surface area (Å²) >= 11 is 15.8. The minimum absolute atomic E-state index is 0.0516. The van der Waals surface area contributed by atoms with Crippen LogP contribution in [0.25, 0.3) is 0 Å². The molecule has 522 valence electrons. The van der Waals surface area contributed by atoms with Gasteiger partial charge in [-0.05, 0) is 142 Å². The first-order chi connectivity index (χ1) is 49.0. The number of aromatic nitrogens is 2. The number of methoxy groups -OCH3 is 2. The Hall–Kier alpha value is -9.96. The SMILES string of the molecule is CCOc1ccc(Oc2ccc(N3C[C@@H]4CN(CC5=C(C(=O)OC)[C@H](c6ccc(F)cc6Cl)N=C(c6nccs6)N5)CCN4C3=O)cc2)cc1.COC(=O)C1=C(CN2CCN3C(=O)N(c4ccc(Oc5ccc(OC(C)C)cc5)cc4)C[C@@H]3C2)NC(c2nccs2)=N[C@H]1c1ccc(F)cc1Cl. The van der Waals surface area contributed by atoms with Gasteiger partial charge in [0.1, 0.15) is 58.2 Å². The number of amides is 4. The predicted molar refractivity (Wildman–Crippen MR) is 382 cm³/mol. The molecule has 4 atom stereocenters. The van der Waals surface area contributed by atoms with Crippen molar-refractivity contribution in [1.29, 1.82) is 0 Å². The van der Waals surface area contributed by atoms with Crippen molar-refractivity contribution in [3.63, 3.8) is 0 Å². The van der Waals surface area contributed by atoms with Crippen molar-refractivity contribution in [2.75, 3.05) is 96.1 Å². The van der Waals surface area contributed by atoms with E-state index in [0.717, 1.165) is 22.9 Å². The van der Waals surface area contributed by atoms with Crippen LogP contribution in [0.1, 0.15) is 54.0 Å². The second kappa shape index (κ2) is 30.9. The van der Waals surface area contributed by atoms with Crippen LogP contribution in [-0.2, 0) is 19.1 Å². The average molecular weight is 1450 g/mol. The number of hydrogen-bond acceptors (Lipinski definition) is 20. The Morgan fingerprint density at radius 3 is 1.32 bits per heavy atom. The molecule has 0 unspecified atom stereocenters. The fourth-order valence-corrected chi connectivity index (χ4v) is 14.7. The van der Waals surface area contributed by atoms with Crippen LogP contribution in [-0.4, -0.2) is 170 Å². The molecular weight excluding hydrogens is 1380 g/mol. The first-order valence-corrected chi connectivity index (χ1v) is 35.2. The lowest BCUT2D eigenvalue weighted by Gasteiger charge is -2.38. The lowest BCUT2D eigenvalue weighted by molar-refractivity contribution is -0.137. The zero-order valence-corrected chi connectivity index (χ0v) is 58.7. The molecule has 0 bridgehead atoms. The number of rotatable bonds is 20. The van der Waals surface area contributed by atoms with Crippen molar-refractivity contribution in [2.24, 2.45) is 9.98 Å². The minimum atomic E-state index is -0.851.